The van der Waals surface area contributed by atoms with E-state index in [4.69, 9.17) is 11.6 Å². The summed E-state index contributed by atoms with van der Waals surface area (Å²) in [4.78, 5) is 3.79. The molecule has 0 saturated carbocycles. The normalized spacial score (nSPS) is 23.4. The Morgan fingerprint density at radius 2 is 2.33 bits per heavy atom. The van der Waals surface area contributed by atoms with Crippen LogP contribution >= 0.6 is 23.4 Å². The van der Waals surface area contributed by atoms with Crippen LogP contribution in [-0.4, -0.2) is 27.1 Å². The summed E-state index contributed by atoms with van der Waals surface area (Å²) in [5, 5.41) is 8.54. The van der Waals surface area contributed by atoms with Gasteiger partial charge >= 0.3 is 0 Å². The summed E-state index contributed by atoms with van der Waals surface area (Å²) in [6.45, 7) is 1.70. The Labute approximate surface area is 115 Å². The second kappa shape index (κ2) is 4.91. The average Bonchev–Trinajstić information content (AvgIpc) is 3.02. The van der Waals surface area contributed by atoms with Gasteiger partial charge in [-0.05, 0) is 6.07 Å². The predicted molar refractivity (Wildman–Crippen MR) is 73.6 cm³/mol. The molecule has 0 aliphatic carbocycles. The number of nitrogens with zero attached hydrogens (tertiary/aromatic N) is 3. The van der Waals surface area contributed by atoms with Crippen LogP contribution in [0.4, 0.5) is 0 Å². The first-order chi connectivity index (χ1) is 8.80. The minimum Gasteiger partial charge on any atom is -0.297 e. The van der Waals surface area contributed by atoms with Gasteiger partial charge in [0.25, 0.3) is 0 Å². The minimum absolute atomic E-state index is 0.202. The molecule has 1 fully saturated rings. The molecule has 1 aliphatic rings. The van der Waals surface area contributed by atoms with Gasteiger partial charge in [-0.2, -0.15) is 5.10 Å². The lowest BCUT2D eigenvalue weighted by Crippen LogP contribution is -2.39. The molecule has 0 bridgehead atoms. The minimum atomic E-state index is -0.202. The second-order valence-electron chi connectivity index (χ2n) is 4.18. The predicted octanol–water partition coefficient (Wildman–Crippen LogP) is 2.12. The Morgan fingerprint density at radius 1 is 1.44 bits per heavy atom. The van der Waals surface area contributed by atoms with Crippen molar-refractivity contribution in [3.63, 3.8) is 0 Å². The first-order valence-electron chi connectivity index (χ1n) is 5.77. The van der Waals surface area contributed by atoms with E-state index in [9.17, 15) is 0 Å². The molecule has 2 heterocycles. The molecule has 18 heavy (non-hydrogen) atoms. The number of hydrogen-bond acceptors (Lipinski definition) is 4. The number of benzene rings is 1. The lowest BCUT2D eigenvalue weighted by molar-refractivity contribution is 0.422. The van der Waals surface area contributed by atoms with Gasteiger partial charge < -0.3 is 0 Å². The Bertz CT molecular complexity index is 523. The van der Waals surface area contributed by atoms with Gasteiger partial charge in [0.15, 0.2) is 0 Å². The molecule has 0 radical (unpaired) electrons. The van der Waals surface area contributed by atoms with E-state index in [0.29, 0.717) is 0 Å². The molecule has 6 heteroatoms. The molecule has 1 aromatic heterocycles. The summed E-state index contributed by atoms with van der Waals surface area (Å²) in [5.41, 5.74) is 1.12. The standard InChI is InChI=1S/C12H13ClN4S/c13-11-4-2-1-3-10(11)12(15-5-6-18-12)7-17-9-14-8-16-17/h1-4,8-9,15H,5-7H2. The van der Waals surface area contributed by atoms with Crippen molar-refractivity contribution < 1.29 is 0 Å². The van der Waals surface area contributed by atoms with Crippen molar-refractivity contribution in [1.29, 1.82) is 0 Å². The third-order valence-corrected chi connectivity index (χ3v) is 4.75. The molecule has 0 amide bonds. The molecular weight excluding hydrogens is 268 g/mol. The largest absolute Gasteiger partial charge is 0.297 e. The van der Waals surface area contributed by atoms with E-state index < -0.39 is 0 Å². The van der Waals surface area contributed by atoms with Crippen molar-refractivity contribution in [2.45, 2.75) is 11.4 Å². The zero-order chi connectivity index (χ0) is 12.4. The zero-order valence-electron chi connectivity index (χ0n) is 9.71. The van der Waals surface area contributed by atoms with Gasteiger partial charge in [-0.3, -0.25) is 5.32 Å². The maximum Gasteiger partial charge on any atom is 0.137 e. The summed E-state index contributed by atoms with van der Waals surface area (Å²) >= 11 is 8.21. The number of thioether (sulfide) groups is 1. The summed E-state index contributed by atoms with van der Waals surface area (Å²) < 4.78 is 1.84. The van der Waals surface area contributed by atoms with Gasteiger partial charge in [-0.25, -0.2) is 9.67 Å². The van der Waals surface area contributed by atoms with E-state index in [0.717, 1.165) is 29.4 Å². The fraction of sp³-hybridized carbons (Fsp3) is 0.333. The SMILES string of the molecule is Clc1ccccc1C1(Cn2cncn2)NCCS1. The molecule has 1 saturated heterocycles. The smallest absolute Gasteiger partial charge is 0.137 e. The van der Waals surface area contributed by atoms with Crippen molar-refractivity contribution in [3.8, 4) is 0 Å². The fourth-order valence-corrected chi connectivity index (χ4v) is 3.89. The number of halogens is 1. The Morgan fingerprint density at radius 3 is 3.00 bits per heavy atom. The van der Waals surface area contributed by atoms with E-state index in [-0.39, 0.29) is 4.87 Å². The van der Waals surface area contributed by atoms with Crippen molar-refractivity contribution in [3.05, 3.63) is 47.5 Å². The van der Waals surface area contributed by atoms with Gasteiger partial charge in [0.1, 0.15) is 17.5 Å². The number of aromatic nitrogens is 3. The highest BCUT2D eigenvalue weighted by Crippen LogP contribution is 2.41. The van der Waals surface area contributed by atoms with E-state index in [1.807, 2.05) is 34.6 Å². The summed E-state index contributed by atoms with van der Waals surface area (Å²) in [6, 6.07) is 7.98. The molecule has 3 rings (SSSR count). The first-order valence-corrected chi connectivity index (χ1v) is 7.13. The highest BCUT2D eigenvalue weighted by molar-refractivity contribution is 8.00. The van der Waals surface area contributed by atoms with Crippen LogP contribution in [0, 0.1) is 0 Å². The maximum absolute atomic E-state index is 6.34. The molecule has 0 spiro atoms. The molecule has 1 aliphatic heterocycles. The quantitative estimate of drug-likeness (QED) is 0.935. The Kier molecular flexibility index (Phi) is 3.28. The maximum atomic E-state index is 6.34. The van der Waals surface area contributed by atoms with Crippen LogP contribution in [0.5, 0.6) is 0 Å². The monoisotopic (exact) mass is 280 g/mol. The Hall–Kier alpha value is -1.04. The summed E-state index contributed by atoms with van der Waals surface area (Å²) in [6.07, 6.45) is 3.29. The molecule has 1 N–H and O–H groups in total. The molecule has 4 nitrogen and oxygen atoms in total. The number of rotatable bonds is 3. The van der Waals surface area contributed by atoms with Crippen LogP contribution in [0.3, 0.4) is 0 Å². The third-order valence-electron chi connectivity index (χ3n) is 3.02. The van der Waals surface area contributed by atoms with E-state index >= 15 is 0 Å². The highest BCUT2D eigenvalue weighted by Gasteiger charge is 2.38. The van der Waals surface area contributed by atoms with Crippen LogP contribution in [-0.2, 0) is 11.4 Å². The molecule has 1 atom stereocenters. The van der Waals surface area contributed by atoms with E-state index in [1.54, 1.807) is 12.7 Å². The summed E-state index contributed by atoms with van der Waals surface area (Å²) in [5.74, 6) is 1.07. The average molecular weight is 281 g/mol. The third kappa shape index (κ3) is 2.13. The van der Waals surface area contributed by atoms with Crippen LogP contribution < -0.4 is 5.32 Å². The van der Waals surface area contributed by atoms with Crippen molar-refractivity contribution in [2.75, 3.05) is 12.3 Å². The lowest BCUT2D eigenvalue weighted by atomic mass is 10.1. The zero-order valence-corrected chi connectivity index (χ0v) is 11.3. The van der Waals surface area contributed by atoms with Crippen molar-refractivity contribution >= 4 is 23.4 Å². The summed E-state index contributed by atoms with van der Waals surface area (Å²) in [7, 11) is 0. The highest BCUT2D eigenvalue weighted by atomic mass is 35.5. The molecular formula is C12H13ClN4S. The molecule has 1 unspecified atom stereocenters. The topological polar surface area (TPSA) is 42.7 Å². The van der Waals surface area contributed by atoms with Gasteiger partial charge in [0.2, 0.25) is 0 Å². The lowest BCUT2D eigenvalue weighted by Gasteiger charge is -2.29. The second-order valence-corrected chi connectivity index (χ2v) is 5.98. The van der Waals surface area contributed by atoms with Gasteiger partial charge in [0.05, 0.1) is 6.54 Å². The van der Waals surface area contributed by atoms with Crippen LogP contribution in [0.1, 0.15) is 5.56 Å². The fourth-order valence-electron chi connectivity index (χ4n) is 2.22. The number of hydrogen-bond donors (Lipinski definition) is 1. The first kappa shape index (κ1) is 12.0. The van der Waals surface area contributed by atoms with Gasteiger partial charge in [-0.15, -0.1) is 11.8 Å². The van der Waals surface area contributed by atoms with Crippen molar-refractivity contribution in [2.24, 2.45) is 0 Å². The Balaban J connectivity index is 1.99. The van der Waals surface area contributed by atoms with E-state index in [2.05, 4.69) is 21.5 Å². The van der Waals surface area contributed by atoms with E-state index in [1.165, 1.54) is 0 Å². The molecule has 94 valence electrons. The molecule has 1 aromatic carbocycles. The van der Waals surface area contributed by atoms with Crippen LogP contribution in [0.25, 0.3) is 0 Å². The van der Waals surface area contributed by atoms with Crippen LogP contribution in [0.15, 0.2) is 36.9 Å². The number of nitrogens with one attached hydrogen (secondary N) is 1. The van der Waals surface area contributed by atoms with Crippen molar-refractivity contribution in [1.82, 2.24) is 20.1 Å². The van der Waals surface area contributed by atoms with Gasteiger partial charge in [0, 0.05) is 22.9 Å². The van der Waals surface area contributed by atoms with Crippen LogP contribution in [0.2, 0.25) is 5.02 Å². The van der Waals surface area contributed by atoms with Gasteiger partial charge in [-0.1, -0.05) is 29.8 Å². The molecule has 2 aromatic rings.